The average molecular weight is 288 g/mol. The van der Waals surface area contributed by atoms with E-state index in [1.807, 2.05) is 0 Å². The molecule has 0 aromatic heterocycles. The summed E-state index contributed by atoms with van der Waals surface area (Å²) >= 11 is 0. The molecule has 2 unspecified atom stereocenters. The van der Waals surface area contributed by atoms with Crippen molar-refractivity contribution < 1.29 is 0 Å². The monoisotopic (exact) mass is 288 g/mol. The fraction of sp³-hybridized carbons (Fsp3) is 0.684. The first-order valence-electron chi connectivity index (χ1n) is 8.66. The van der Waals surface area contributed by atoms with Crippen LogP contribution in [0.2, 0.25) is 0 Å². The fourth-order valence-corrected chi connectivity index (χ4v) is 3.63. The second-order valence-corrected chi connectivity index (χ2v) is 6.98. The Kier molecular flexibility index (Phi) is 6.25. The molecule has 2 heteroatoms. The van der Waals surface area contributed by atoms with E-state index < -0.39 is 0 Å². The fourth-order valence-electron chi connectivity index (χ4n) is 3.63. The molecule has 0 saturated carbocycles. The standard InChI is InChI=1S/C19H32N2/c1-15(2)14-17-7-9-18(10-8-17)16(3)21-13-5-4-6-19(21)11-12-20/h7-10,15-16,19H,4-6,11-14,20H2,1-3H3. The minimum absolute atomic E-state index is 0.509. The Morgan fingerprint density at radius 1 is 1.14 bits per heavy atom. The van der Waals surface area contributed by atoms with Gasteiger partial charge in [0, 0.05) is 12.1 Å². The molecule has 1 aromatic carbocycles. The van der Waals surface area contributed by atoms with Crippen molar-refractivity contribution in [1.29, 1.82) is 0 Å². The summed E-state index contributed by atoms with van der Waals surface area (Å²) in [7, 11) is 0. The predicted molar refractivity (Wildman–Crippen MR) is 91.4 cm³/mol. The van der Waals surface area contributed by atoms with Crippen LogP contribution in [0.25, 0.3) is 0 Å². The maximum Gasteiger partial charge on any atom is 0.0322 e. The van der Waals surface area contributed by atoms with Gasteiger partial charge in [-0.1, -0.05) is 44.5 Å². The van der Waals surface area contributed by atoms with Crippen molar-refractivity contribution in [3.8, 4) is 0 Å². The van der Waals surface area contributed by atoms with Gasteiger partial charge in [-0.2, -0.15) is 0 Å². The van der Waals surface area contributed by atoms with Crippen LogP contribution in [0.5, 0.6) is 0 Å². The summed E-state index contributed by atoms with van der Waals surface area (Å²) in [4.78, 5) is 2.67. The maximum absolute atomic E-state index is 5.80. The highest BCUT2D eigenvalue weighted by molar-refractivity contribution is 5.25. The minimum atomic E-state index is 0.509. The maximum atomic E-state index is 5.80. The number of likely N-dealkylation sites (tertiary alicyclic amines) is 1. The summed E-state index contributed by atoms with van der Waals surface area (Å²) < 4.78 is 0. The van der Waals surface area contributed by atoms with E-state index >= 15 is 0 Å². The van der Waals surface area contributed by atoms with Crippen LogP contribution in [-0.2, 0) is 6.42 Å². The molecule has 0 aliphatic carbocycles. The molecular weight excluding hydrogens is 256 g/mol. The quantitative estimate of drug-likeness (QED) is 0.852. The molecule has 0 amide bonds. The predicted octanol–water partition coefficient (Wildman–Crippen LogP) is 4.15. The number of piperidine rings is 1. The molecule has 1 saturated heterocycles. The Bertz CT molecular complexity index is 408. The molecule has 0 radical (unpaired) electrons. The highest BCUT2D eigenvalue weighted by atomic mass is 15.2. The van der Waals surface area contributed by atoms with Crippen LogP contribution < -0.4 is 5.73 Å². The zero-order valence-electron chi connectivity index (χ0n) is 14.0. The zero-order chi connectivity index (χ0) is 15.2. The molecule has 1 fully saturated rings. The third-order valence-corrected chi connectivity index (χ3v) is 4.78. The number of nitrogens with zero attached hydrogens (tertiary/aromatic N) is 1. The molecule has 0 bridgehead atoms. The summed E-state index contributed by atoms with van der Waals surface area (Å²) in [5.41, 5.74) is 8.71. The van der Waals surface area contributed by atoms with Gasteiger partial charge in [0.15, 0.2) is 0 Å². The third kappa shape index (κ3) is 4.55. The van der Waals surface area contributed by atoms with Gasteiger partial charge < -0.3 is 5.73 Å². The topological polar surface area (TPSA) is 29.3 Å². The zero-order valence-corrected chi connectivity index (χ0v) is 14.0. The van der Waals surface area contributed by atoms with Gasteiger partial charge in [-0.3, -0.25) is 4.90 Å². The molecule has 2 atom stereocenters. The van der Waals surface area contributed by atoms with Crippen molar-refractivity contribution in [3.05, 3.63) is 35.4 Å². The van der Waals surface area contributed by atoms with Gasteiger partial charge in [0.05, 0.1) is 0 Å². The summed E-state index contributed by atoms with van der Waals surface area (Å²) in [6, 6.07) is 10.5. The SMILES string of the molecule is CC(C)Cc1ccc(C(C)N2CCCCC2CCN)cc1. The number of hydrogen-bond acceptors (Lipinski definition) is 2. The smallest absolute Gasteiger partial charge is 0.0322 e. The van der Waals surface area contributed by atoms with Crippen molar-refractivity contribution in [2.24, 2.45) is 11.7 Å². The Morgan fingerprint density at radius 3 is 2.48 bits per heavy atom. The lowest BCUT2D eigenvalue weighted by Gasteiger charge is -2.40. The number of benzene rings is 1. The largest absolute Gasteiger partial charge is 0.330 e. The van der Waals surface area contributed by atoms with Crippen LogP contribution in [-0.4, -0.2) is 24.0 Å². The minimum Gasteiger partial charge on any atom is -0.330 e. The van der Waals surface area contributed by atoms with Crippen molar-refractivity contribution >= 4 is 0 Å². The lowest BCUT2D eigenvalue weighted by molar-refractivity contribution is 0.0984. The second kappa shape index (κ2) is 7.95. The summed E-state index contributed by atoms with van der Waals surface area (Å²) in [6.07, 6.45) is 6.31. The van der Waals surface area contributed by atoms with Crippen molar-refractivity contribution in [2.45, 2.75) is 65.0 Å². The van der Waals surface area contributed by atoms with Gasteiger partial charge in [-0.05, 0) is 62.7 Å². The Hall–Kier alpha value is -0.860. The first-order chi connectivity index (χ1) is 10.1. The normalized spacial score (nSPS) is 21.7. The second-order valence-electron chi connectivity index (χ2n) is 6.98. The first-order valence-corrected chi connectivity index (χ1v) is 8.66. The summed E-state index contributed by atoms with van der Waals surface area (Å²) in [5.74, 6) is 0.726. The number of hydrogen-bond donors (Lipinski definition) is 1. The van der Waals surface area contributed by atoms with Crippen molar-refractivity contribution in [1.82, 2.24) is 4.90 Å². The molecule has 1 aliphatic heterocycles. The van der Waals surface area contributed by atoms with E-state index in [1.165, 1.54) is 43.4 Å². The van der Waals surface area contributed by atoms with Crippen LogP contribution in [0.4, 0.5) is 0 Å². The summed E-state index contributed by atoms with van der Waals surface area (Å²) in [5, 5.41) is 0. The van der Waals surface area contributed by atoms with Crippen LogP contribution in [0, 0.1) is 5.92 Å². The molecule has 21 heavy (non-hydrogen) atoms. The molecule has 118 valence electrons. The first kappa shape index (κ1) is 16.5. The molecule has 0 spiro atoms. The lowest BCUT2D eigenvalue weighted by atomic mass is 9.94. The molecule has 2 nitrogen and oxygen atoms in total. The Balaban J connectivity index is 2.05. The summed E-state index contributed by atoms with van der Waals surface area (Å²) in [6.45, 7) is 8.94. The number of nitrogens with two attached hydrogens (primary N) is 1. The van der Waals surface area contributed by atoms with Gasteiger partial charge in [0.25, 0.3) is 0 Å². The van der Waals surface area contributed by atoms with Gasteiger partial charge >= 0.3 is 0 Å². The molecular formula is C19H32N2. The third-order valence-electron chi connectivity index (χ3n) is 4.78. The van der Waals surface area contributed by atoms with Crippen molar-refractivity contribution in [3.63, 3.8) is 0 Å². The van der Waals surface area contributed by atoms with E-state index in [0.717, 1.165) is 18.9 Å². The molecule has 2 N–H and O–H groups in total. The van der Waals surface area contributed by atoms with E-state index in [4.69, 9.17) is 5.73 Å². The van der Waals surface area contributed by atoms with Crippen LogP contribution in [0.3, 0.4) is 0 Å². The Morgan fingerprint density at radius 2 is 1.86 bits per heavy atom. The average Bonchev–Trinajstić information content (AvgIpc) is 2.48. The van der Waals surface area contributed by atoms with Gasteiger partial charge in [0.1, 0.15) is 0 Å². The highest BCUT2D eigenvalue weighted by Gasteiger charge is 2.26. The molecule has 1 aromatic rings. The number of rotatable bonds is 6. The molecule has 1 heterocycles. The van der Waals surface area contributed by atoms with Crippen LogP contribution >= 0.6 is 0 Å². The van der Waals surface area contributed by atoms with E-state index in [-0.39, 0.29) is 0 Å². The van der Waals surface area contributed by atoms with E-state index in [9.17, 15) is 0 Å². The van der Waals surface area contributed by atoms with Crippen LogP contribution in [0.15, 0.2) is 24.3 Å². The highest BCUT2D eigenvalue weighted by Crippen LogP contribution is 2.29. The van der Waals surface area contributed by atoms with Gasteiger partial charge in [0.2, 0.25) is 0 Å². The van der Waals surface area contributed by atoms with E-state index in [0.29, 0.717) is 12.1 Å². The van der Waals surface area contributed by atoms with Gasteiger partial charge in [-0.25, -0.2) is 0 Å². The molecule has 1 aliphatic rings. The van der Waals surface area contributed by atoms with Crippen molar-refractivity contribution in [2.75, 3.05) is 13.1 Å². The lowest BCUT2D eigenvalue weighted by Crippen LogP contribution is -2.42. The Labute approximate surface area is 130 Å². The van der Waals surface area contributed by atoms with E-state index in [1.54, 1.807) is 0 Å². The molecule has 2 rings (SSSR count). The van der Waals surface area contributed by atoms with E-state index in [2.05, 4.69) is 49.9 Å². The van der Waals surface area contributed by atoms with Gasteiger partial charge in [-0.15, -0.1) is 0 Å². The van der Waals surface area contributed by atoms with Crippen LogP contribution in [0.1, 0.15) is 63.6 Å².